The summed E-state index contributed by atoms with van der Waals surface area (Å²) in [6, 6.07) is 0. The summed E-state index contributed by atoms with van der Waals surface area (Å²) < 4.78 is 0. The van der Waals surface area contributed by atoms with Gasteiger partial charge in [-0.2, -0.15) is 0 Å². The highest BCUT2D eigenvalue weighted by molar-refractivity contribution is 5.78. The molecule has 1 amide bonds. The smallest absolute Gasteiger partial charge is 0.223 e. The van der Waals surface area contributed by atoms with Gasteiger partial charge in [0.2, 0.25) is 5.91 Å². The first-order chi connectivity index (χ1) is 5.11. The van der Waals surface area contributed by atoms with Crippen LogP contribution < -0.4 is 5.32 Å². The highest BCUT2D eigenvalue weighted by Gasteiger charge is 2.12. The molecule has 0 rings (SSSR count). The quantitative estimate of drug-likeness (QED) is 0.531. The lowest BCUT2D eigenvalue weighted by Gasteiger charge is -2.07. The van der Waals surface area contributed by atoms with Gasteiger partial charge in [-0.1, -0.05) is 6.92 Å². The largest absolute Gasteiger partial charge is 0.512 e. The zero-order valence-electron chi connectivity index (χ0n) is 6.66. The molecule has 0 aromatic rings. The van der Waals surface area contributed by atoms with Crippen molar-refractivity contribution in [3.05, 3.63) is 12.0 Å². The Labute approximate surface area is 65.5 Å². The maximum atomic E-state index is 10.8. The molecule has 0 aromatic heterocycles. The normalized spacial score (nSPS) is 14.2. The van der Waals surface area contributed by atoms with Crippen molar-refractivity contribution in [2.75, 3.05) is 7.05 Å². The number of hydrogen-bond acceptors (Lipinski definition) is 3. The van der Waals surface area contributed by atoms with E-state index in [9.17, 15) is 4.79 Å². The van der Waals surface area contributed by atoms with Gasteiger partial charge in [-0.3, -0.25) is 4.79 Å². The highest BCUT2D eigenvalue weighted by atomic mass is 16.3. The third kappa shape index (κ3) is 3.50. The number of amides is 1. The van der Waals surface area contributed by atoms with Crippen LogP contribution in [0.4, 0.5) is 0 Å². The molecule has 0 aliphatic rings. The number of aliphatic hydroxyl groups excluding tert-OH is 2. The summed E-state index contributed by atoms with van der Waals surface area (Å²) in [5, 5.41) is 19.5. The summed E-state index contributed by atoms with van der Waals surface area (Å²) in [7, 11) is 1.53. The van der Waals surface area contributed by atoms with Crippen LogP contribution in [-0.4, -0.2) is 23.2 Å². The van der Waals surface area contributed by atoms with Crippen LogP contribution in [0.1, 0.15) is 13.3 Å². The van der Waals surface area contributed by atoms with Gasteiger partial charge >= 0.3 is 0 Å². The van der Waals surface area contributed by atoms with Crippen molar-refractivity contribution < 1.29 is 15.0 Å². The Morgan fingerprint density at radius 1 is 1.73 bits per heavy atom. The molecule has 0 saturated heterocycles. The molecule has 0 spiro atoms. The van der Waals surface area contributed by atoms with Gasteiger partial charge in [0.15, 0.2) is 0 Å². The maximum Gasteiger partial charge on any atom is 0.223 e. The number of rotatable bonds is 3. The van der Waals surface area contributed by atoms with E-state index in [2.05, 4.69) is 5.32 Å². The van der Waals surface area contributed by atoms with Crippen molar-refractivity contribution >= 4 is 5.91 Å². The van der Waals surface area contributed by atoms with E-state index < -0.39 is 0 Å². The minimum absolute atomic E-state index is 0.154. The second-order valence-electron chi connectivity index (χ2n) is 2.34. The van der Waals surface area contributed by atoms with Gasteiger partial charge in [-0.05, 0) is 0 Å². The predicted octanol–water partition coefficient (Wildman–Crippen LogP) is 0.716. The van der Waals surface area contributed by atoms with E-state index in [-0.39, 0.29) is 24.0 Å². The van der Waals surface area contributed by atoms with E-state index in [0.29, 0.717) is 6.26 Å². The monoisotopic (exact) mass is 159 g/mol. The molecule has 64 valence electrons. The van der Waals surface area contributed by atoms with E-state index >= 15 is 0 Å². The highest BCUT2D eigenvalue weighted by Crippen LogP contribution is 2.07. The molecule has 4 heteroatoms. The lowest BCUT2D eigenvalue weighted by atomic mass is 10.1. The first-order valence-electron chi connectivity index (χ1n) is 3.35. The van der Waals surface area contributed by atoms with Gasteiger partial charge in [0.05, 0.1) is 0 Å². The Kier molecular flexibility index (Phi) is 4.10. The standard InChI is InChI=1S/C7H13NO3/c1-5(7(11)8-2)3-6(10)4-9/h4-5,9-10H,3H2,1-2H3,(H,8,11)/b6-4-. The minimum Gasteiger partial charge on any atom is -0.512 e. The minimum atomic E-state index is -0.316. The van der Waals surface area contributed by atoms with Crippen molar-refractivity contribution in [3.8, 4) is 0 Å². The molecular formula is C7H13NO3. The van der Waals surface area contributed by atoms with E-state index in [4.69, 9.17) is 10.2 Å². The fourth-order valence-electron chi connectivity index (χ4n) is 0.706. The summed E-state index contributed by atoms with van der Waals surface area (Å²) in [4.78, 5) is 10.8. The molecule has 0 aromatic carbocycles. The number of nitrogens with one attached hydrogen (secondary N) is 1. The zero-order valence-corrected chi connectivity index (χ0v) is 6.66. The van der Waals surface area contributed by atoms with Gasteiger partial charge in [0, 0.05) is 19.4 Å². The SMILES string of the molecule is CNC(=O)C(C)C/C(O)=C/O. The molecule has 0 heterocycles. The van der Waals surface area contributed by atoms with Crippen LogP contribution in [0.15, 0.2) is 12.0 Å². The number of hydrogen-bond donors (Lipinski definition) is 3. The van der Waals surface area contributed by atoms with Gasteiger partial charge in [0.1, 0.15) is 12.0 Å². The van der Waals surface area contributed by atoms with E-state index in [0.717, 1.165) is 0 Å². The average Bonchev–Trinajstić information content (AvgIpc) is 2.02. The van der Waals surface area contributed by atoms with Crippen molar-refractivity contribution in [2.45, 2.75) is 13.3 Å². The second kappa shape index (κ2) is 4.60. The van der Waals surface area contributed by atoms with Crippen LogP contribution in [0.2, 0.25) is 0 Å². The molecule has 4 nitrogen and oxygen atoms in total. The lowest BCUT2D eigenvalue weighted by molar-refractivity contribution is -0.124. The summed E-state index contributed by atoms with van der Waals surface area (Å²) >= 11 is 0. The number of allylic oxidation sites excluding steroid dienone is 1. The first-order valence-corrected chi connectivity index (χ1v) is 3.35. The molecule has 3 N–H and O–H groups in total. The van der Waals surface area contributed by atoms with Crippen LogP contribution >= 0.6 is 0 Å². The van der Waals surface area contributed by atoms with Gasteiger partial charge < -0.3 is 15.5 Å². The molecule has 0 aliphatic heterocycles. The summed E-state index contributed by atoms with van der Waals surface area (Å²) in [5.41, 5.74) is 0. The van der Waals surface area contributed by atoms with Crippen LogP contribution in [0, 0.1) is 5.92 Å². The molecule has 0 bridgehead atoms. The van der Waals surface area contributed by atoms with E-state index in [1.807, 2.05) is 0 Å². The molecule has 0 radical (unpaired) electrons. The summed E-state index contributed by atoms with van der Waals surface area (Å²) in [5.74, 6) is -0.650. The molecule has 0 aliphatic carbocycles. The Bertz CT molecular complexity index is 165. The van der Waals surface area contributed by atoms with E-state index in [1.54, 1.807) is 6.92 Å². The molecule has 11 heavy (non-hydrogen) atoms. The fourth-order valence-corrected chi connectivity index (χ4v) is 0.706. The van der Waals surface area contributed by atoms with Crippen LogP contribution in [0.25, 0.3) is 0 Å². The predicted molar refractivity (Wildman–Crippen MR) is 41.2 cm³/mol. The Hall–Kier alpha value is -1.19. The van der Waals surface area contributed by atoms with E-state index in [1.165, 1.54) is 7.05 Å². The third-order valence-electron chi connectivity index (χ3n) is 1.36. The first kappa shape index (κ1) is 9.81. The molecule has 1 unspecified atom stereocenters. The lowest BCUT2D eigenvalue weighted by Crippen LogP contribution is -2.25. The van der Waals surface area contributed by atoms with Gasteiger partial charge in [0.25, 0.3) is 0 Å². The second-order valence-corrected chi connectivity index (χ2v) is 2.34. The van der Waals surface area contributed by atoms with Crippen molar-refractivity contribution in [2.24, 2.45) is 5.92 Å². The molecule has 0 fully saturated rings. The third-order valence-corrected chi connectivity index (χ3v) is 1.36. The number of carbonyl (C=O) groups excluding carboxylic acids is 1. The van der Waals surface area contributed by atoms with Gasteiger partial charge in [-0.25, -0.2) is 0 Å². The van der Waals surface area contributed by atoms with Crippen molar-refractivity contribution in [1.82, 2.24) is 5.32 Å². The Morgan fingerprint density at radius 3 is 2.64 bits per heavy atom. The van der Waals surface area contributed by atoms with Crippen LogP contribution in [0.5, 0.6) is 0 Å². The number of aliphatic hydroxyl groups is 2. The summed E-state index contributed by atoms with van der Waals surface area (Å²) in [6.07, 6.45) is 0.760. The Balaban J connectivity index is 3.87. The van der Waals surface area contributed by atoms with Crippen molar-refractivity contribution in [1.29, 1.82) is 0 Å². The maximum absolute atomic E-state index is 10.8. The number of carbonyl (C=O) groups is 1. The van der Waals surface area contributed by atoms with Crippen molar-refractivity contribution in [3.63, 3.8) is 0 Å². The Morgan fingerprint density at radius 2 is 2.27 bits per heavy atom. The zero-order chi connectivity index (χ0) is 8.85. The average molecular weight is 159 g/mol. The molecule has 0 saturated carbocycles. The van der Waals surface area contributed by atoms with Crippen LogP contribution in [-0.2, 0) is 4.79 Å². The summed E-state index contributed by atoms with van der Waals surface area (Å²) in [6.45, 7) is 1.67. The molecule has 1 atom stereocenters. The topological polar surface area (TPSA) is 69.6 Å². The van der Waals surface area contributed by atoms with Gasteiger partial charge in [-0.15, -0.1) is 0 Å². The van der Waals surface area contributed by atoms with Crippen LogP contribution in [0.3, 0.4) is 0 Å². The molecular weight excluding hydrogens is 146 g/mol. The fraction of sp³-hybridized carbons (Fsp3) is 0.571.